The highest BCUT2D eigenvalue weighted by molar-refractivity contribution is 7.84. The van der Waals surface area contributed by atoms with Crippen molar-refractivity contribution in [2.75, 3.05) is 0 Å². The third-order valence-electron chi connectivity index (χ3n) is 5.09. The molecule has 0 aliphatic carbocycles. The minimum absolute atomic E-state index is 0.470. The van der Waals surface area contributed by atoms with E-state index in [4.69, 9.17) is 9.97 Å². The zero-order chi connectivity index (χ0) is 21.8. The smallest absolute Gasteiger partial charge is 0.206 e. The standard InChI is InChI=1S/C26H19N4OP/c31-32(20-10-2-1-3-11-20,25-16-8-14-23(29-25)21-12-4-6-18-27-21)26-17-9-15-24(30-26)22-13-5-7-19-28-22/h1-19H. The molecule has 0 N–H and O–H groups in total. The van der Waals surface area contributed by atoms with Gasteiger partial charge in [-0.25, -0.2) is 9.97 Å². The first-order valence-corrected chi connectivity index (χ1v) is 11.9. The van der Waals surface area contributed by atoms with Gasteiger partial charge in [0.2, 0.25) is 7.14 Å². The molecule has 0 saturated heterocycles. The lowest BCUT2D eigenvalue weighted by Crippen LogP contribution is -2.29. The van der Waals surface area contributed by atoms with Crippen LogP contribution in [0, 0.1) is 0 Å². The number of aromatic nitrogens is 4. The van der Waals surface area contributed by atoms with E-state index in [-0.39, 0.29) is 0 Å². The fraction of sp³-hybridized carbons (Fsp3) is 0. The van der Waals surface area contributed by atoms with Gasteiger partial charge in [-0.3, -0.25) is 9.97 Å². The first kappa shape index (κ1) is 20.0. The molecule has 0 aliphatic heterocycles. The Hall–Kier alpha value is -3.95. The van der Waals surface area contributed by atoms with E-state index in [1.54, 1.807) is 24.5 Å². The van der Waals surface area contributed by atoms with Gasteiger partial charge in [0.1, 0.15) is 10.9 Å². The second-order valence-electron chi connectivity index (χ2n) is 7.14. The molecule has 154 valence electrons. The largest absolute Gasteiger partial charge is 0.305 e. The molecule has 0 spiro atoms. The SMILES string of the molecule is O=P(c1ccccc1)(c1cccc(-c2ccccn2)n1)c1cccc(-c2ccccn2)n1. The van der Waals surface area contributed by atoms with Crippen LogP contribution in [-0.2, 0) is 4.57 Å². The monoisotopic (exact) mass is 434 g/mol. The Bertz CT molecular complexity index is 1310. The Morgan fingerprint density at radius 3 is 1.41 bits per heavy atom. The van der Waals surface area contributed by atoms with Gasteiger partial charge >= 0.3 is 0 Å². The van der Waals surface area contributed by atoms with Crippen molar-refractivity contribution in [3.05, 3.63) is 116 Å². The second-order valence-corrected chi connectivity index (χ2v) is 9.79. The number of pyridine rings is 4. The molecule has 32 heavy (non-hydrogen) atoms. The lowest BCUT2D eigenvalue weighted by atomic mass is 10.2. The summed E-state index contributed by atoms with van der Waals surface area (Å²) in [5, 5.41) is 0.677. The summed E-state index contributed by atoms with van der Waals surface area (Å²) in [6.07, 6.45) is 3.44. The van der Waals surface area contributed by atoms with Gasteiger partial charge in [0, 0.05) is 17.7 Å². The van der Waals surface area contributed by atoms with Crippen LogP contribution in [0.5, 0.6) is 0 Å². The second kappa shape index (κ2) is 8.66. The fourth-order valence-electron chi connectivity index (χ4n) is 3.53. The minimum atomic E-state index is -3.35. The van der Waals surface area contributed by atoms with Crippen molar-refractivity contribution in [3.63, 3.8) is 0 Å². The number of hydrogen-bond donors (Lipinski definition) is 0. The van der Waals surface area contributed by atoms with Crippen LogP contribution >= 0.6 is 7.14 Å². The summed E-state index contributed by atoms with van der Waals surface area (Å²) in [5.74, 6) is 0. The van der Waals surface area contributed by atoms with Crippen LogP contribution in [0.2, 0.25) is 0 Å². The molecule has 0 amide bonds. The van der Waals surface area contributed by atoms with Crippen LogP contribution < -0.4 is 16.2 Å². The average Bonchev–Trinajstić information content (AvgIpc) is 2.90. The van der Waals surface area contributed by atoms with Crippen LogP contribution in [0.3, 0.4) is 0 Å². The first-order valence-electron chi connectivity index (χ1n) is 10.2. The number of rotatable bonds is 5. The molecule has 5 nitrogen and oxygen atoms in total. The Kier molecular flexibility index (Phi) is 5.40. The quantitative estimate of drug-likeness (QED) is 0.387. The Balaban J connectivity index is 1.71. The van der Waals surface area contributed by atoms with Crippen molar-refractivity contribution in [3.8, 4) is 22.8 Å². The van der Waals surface area contributed by atoms with E-state index >= 15 is 0 Å². The summed E-state index contributed by atoms with van der Waals surface area (Å²) in [7, 11) is -3.35. The maximum Gasteiger partial charge on any atom is 0.206 e. The summed E-state index contributed by atoms with van der Waals surface area (Å²) in [6, 6.07) is 31.8. The highest BCUT2D eigenvalue weighted by Crippen LogP contribution is 2.41. The third-order valence-corrected chi connectivity index (χ3v) is 7.90. The fourth-order valence-corrected chi connectivity index (χ4v) is 5.98. The van der Waals surface area contributed by atoms with E-state index in [9.17, 15) is 4.57 Å². The highest BCUT2D eigenvalue weighted by Gasteiger charge is 2.33. The van der Waals surface area contributed by atoms with Crippen molar-refractivity contribution in [1.29, 1.82) is 0 Å². The normalized spacial score (nSPS) is 11.2. The van der Waals surface area contributed by atoms with E-state index in [1.165, 1.54) is 0 Å². The Labute approximate surface area is 186 Å². The molecule has 1 aromatic carbocycles. The molecular weight excluding hydrogens is 415 g/mol. The summed E-state index contributed by atoms with van der Waals surface area (Å²) in [6.45, 7) is 0. The van der Waals surface area contributed by atoms with Crippen LogP contribution in [0.1, 0.15) is 0 Å². The van der Waals surface area contributed by atoms with Crippen molar-refractivity contribution < 1.29 is 4.57 Å². The Morgan fingerprint density at radius 2 is 0.938 bits per heavy atom. The molecule has 5 rings (SSSR count). The molecule has 4 aromatic heterocycles. The van der Waals surface area contributed by atoms with Crippen molar-refractivity contribution in [2.45, 2.75) is 0 Å². The van der Waals surface area contributed by atoms with Crippen molar-refractivity contribution >= 4 is 23.3 Å². The number of benzene rings is 1. The molecule has 0 unspecified atom stereocenters. The molecule has 4 heterocycles. The lowest BCUT2D eigenvalue weighted by Gasteiger charge is -2.19. The van der Waals surface area contributed by atoms with Crippen LogP contribution in [-0.4, -0.2) is 19.9 Å². The maximum atomic E-state index is 14.8. The van der Waals surface area contributed by atoms with E-state index < -0.39 is 7.14 Å². The molecule has 0 bridgehead atoms. The molecule has 0 aliphatic rings. The summed E-state index contributed by atoms with van der Waals surface area (Å²) < 4.78 is 14.8. The van der Waals surface area contributed by atoms with E-state index in [1.807, 2.05) is 91.0 Å². The zero-order valence-corrected chi connectivity index (χ0v) is 18.0. The number of hydrogen-bond acceptors (Lipinski definition) is 5. The average molecular weight is 434 g/mol. The van der Waals surface area contributed by atoms with Crippen molar-refractivity contribution in [2.24, 2.45) is 0 Å². The predicted molar refractivity (Wildman–Crippen MR) is 128 cm³/mol. The summed E-state index contributed by atoms with van der Waals surface area (Å²) in [4.78, 5) is 18.4. The van der Waals surface area contributed by atoms with Gasteiger partial charge in [-0.1, -0.05) is 54.6 Å². The molecular formula is C26H19N4OP. The zero-order valence-electron chi connectivity index (χ0n) is 17.1. The summed E-state index contributed by atoms with van der Waals surface area (Å²) in [5.41, 5.74) is 3.73. The minimum Gasteiger partial charge on any atom is -0.305 e. The first-order chi connectivity index (χ1) is 15.7. The van der Waals surface area contributed by atoms with Crippen molar-refractivity contribution in [1.82, 2.24) is 19.9 Å². The van der Waals surface area contributed by atoms with Gasteiger partial charge in [0.05, 0.1) is 22.8 Å². The van der Waals surface area contributed by atoms with Gasteiger partial charge < -0.3 is 4.57 Å². The van der Waals surface area contributed by atoms with Gasteiger partial charge in [-0.05, 0) is 48.5 Å². The lowest BCUT2D eigenvalue weighted by molar-refractivity contribution is 0.591. The van der Waals surface area contributed by atoms with Gasteiger partial charge in [0.25, 0.3) is 0 Å². The summed E-state index contributed by atoms with van der Waals surface area (Å²) >= 11 is 0. The maximum absolute atomic E-state index is 14.8. The van der Waals surface area contributed by atoms with Gasteiger partial charge in [0.15, 0.2) is 0 Å². The van der Waals surface area contributed by atoms with E-state index in [0.29, 0.717) is 27.6 Å². The number of nitrogens with zero attached hydrogens (tertiary/aromatic N) is 4. The Morgan fingerprint density at radius 1 is 0.469 bits per heavy atom. The molecule has 0 atom stereocenters. The highest BCUT2D eigenvalue weighted by atomic mass is 31.2. The van der Waals surface area contributed by atoms with Crippen LogP contribution in [0.15, 0.2) is 116 Å². The van der Waals surface area contributed by atoms with E-state index in [0.717, 1.165) is 11.4 Å². The molecule has 0 saturated carbocycles. The third kappa shape index (κ3) is 3.75. The van der Waals surface area contributed by atoms with Crippen LogP contribution in [0.25, 0.3) is 22.8 Å². The molecule has 5 aromatic rings. The van der Waals surface area contributed by atoms with Crippen LogP contribution in [0.4, 0.5) is 0 Å². The topological polar surface area (TPSA) is 68.6 Å². The molecule has 0 radical (unpaired) electrons. The molecule has 0 fully saturated rings. The molecule has 6 heteroatoms. The predicted octanol–water partition coefficient (Wildman–Crippen LogP) is 4.24. The van der Waals surface area contributed by atoms with Gasteiger partial charge in [-0.15, -0.1) is 0 Å². The van der Waals surface area contributed by atoms with Gasteiger partial charge in [-0.2, -0.15) is 0 Å². The van der Waals surface area contributed by atoms with E-state index in [2.05, 4.69) is 9.97 Å².